The number of hydrogen-bond donors (Lipinski definition) is 1. The Kier molecular flexibility index (Phi) is 7.12. The van der Waals surface area contributed by atoms with Crippen molar-refractivity contribution in [2.24, 2.45) is 0 Å². The number of halogens is 4. The third-order valence-corrected chi connectivity index (χ3v) is 3.13. The molecular weight excluding hydrogens is 323 g/mol. The van der Waals surface area contributed by atoms with Crippen LogP contribution >= 0.6 is 11.6 Å². The minimum atomic E-state index is -4.56. The minimum absolute atomic E-state index is 0.121. The van der Waals surface area contributed by atoms with Crippen molar-refractivity contribution in [1.82, 2.24) is 0 Å². The number of carbonyl (C=O) groups excluding carboxylic acids is 1. The molecule has 1 amide bonds. The predicted molar refractivity (Wildman–Crippen MR) is 77.1 cm³/mol. The van der Waals surface area contributed by atoms with E-state index >= 15 is 0 Å². The third kappa shape index (κ3) is 5.47. The summed E-state index contributed by atoms with van der Waals surface area (Å²) in [6.07, 6.45) is -4.56. The molecule has 0 aliphatic carbocycles. The molecule has 0 aromatic heterocycles. The standard InChI is InChI=1S/C14H17ClF3NO3/c1-9-4-3-5-10(14(16,17)18)12(9)19-13(20)11(15)8-22-7-6-21-2/h3-5,11H,6-8H2,1-2H3,(H,19,20). The number of carbonyl (C=O) groups is 1. The van der Waals surface area contributed by atoms with Crippen LogP contribution in [0.4, 0.5) is 18.9 Å². The van der Waals surface area contributed by atoms with Gasteiger partial charge in [-0.15, -0.1) is 11.6 Å². The van der Waals surface area contributed by atoms with Crippen molar-refractivity contribution in [3.05, 3.63) is 29.3 Å². The number of rotatable bonds is 7. The Labute approximate surface area is 131 Å². The van der Waals surface area contributed by atoms with Gasteiger partial charge in [0.15, 0.2) is 0 Å². The van der Waals surface area contributed by atoms with Crippen LogP contribution < -0.4 is 5.32 Å². The SMILES string of the molecule is COCCOCC(Cl)C(=O)Nc1c(C)cccc1C(F)(F)F. The first-order valence-corrected chi connectivity index (χ1v) is 6.89. The molecule has 22 heavy (non-hydrogen) atoms. The molecule has 1 unspecified atom stereocenters. The van der Waals surface area contributed by atoms with Gasteiger partial charge in [0.05, 0.1) is 31.1 Å². The predicted octanol–water partition coefficient (Wildman–Crippen LogP) is 3.22. The Morgan fingerprint density at radius 2 is 2.05 bits per heavy atom. The third-order valence-electron chi connectivity index (χ3n) is 2.81. The summed E-state index contributed by atoms with van der Waals surface area (Å²) in [5.74, 6) is -0.751. The van der Waals surface area contributed by atoms with Gasteiger partial charge in [-0.2, -0.15) is 13.2 Å². The Morgan fingerprint density at radius 3 is 2.64 bits per heavy atom. The van der Waals surface area contributed by atoms with Crippen LogP contribution in [0.1, 0.15) is 11.1 Å². The molecule has 0 radical (unpaired) electrons. The highest BCUT2D eigenvalue weighted by Crippen LogP contribution is 2.36. The molecule has 4 nitrogen and oxygen atoms in total. The number of hydrogen-bond acceptors (Lipinski definition) is 3. The molecule has 0 fully saturated rings. The summed E-state index contributed by atoms with van der Waals surface area (Å²) < 4.78 is 48.7. The van der Waals surface area contributed by atoms with Crippen molar-refractivity contribution in [1.29, 1.82) is 0 Å². The van der Waals surface area contributed by atoms with Gasteiger partial charge in [-0.05, 0) is 18.6 Å². The number of nitrogens with one attached hydrogen (secondary N) is 1. The van der Waals surface area contributed by atoms with Crippen LogP contribution in [-0.4, -0.2) is 38.2 Å². The topological polar surface area (TPSA) is 47.6 Å². The Hall–Kier alpha value is -1.31. The number of methoxy groups -OCH3 is 1. The van der Waals surface area contributed by atoms with Crippen molar-refractivity contribution in [3.63, 3.8) is 0 Å². The maximum Gasteiger partial charge on any atom is 0.418 e. The fraction of sp³-hybridized carbons (Fsp3) is 0.500. The van der Waals surface area contributed by atoms with Gasteiger partial charge in [-0.25, -0.2) is 0 Å². The van der Waals surface area contributed by atoms with Gasteiger partial charge < -0.3 is 14.8 Å². The molecule has 8 heteroatoms. The average Bonchev–Trinajstić information content (AvgIpc) is 2.44. The molecule has 0 spiro atoms. The molecule has 0 bridgehead atoms. The van der Waals surface area contributed by atoms with Crippen LogP contribution in [0.25, 0.3) is 0 Å². The van der Waals surface area contributed by atoms with Crippen molar-refractivity contribution in [3.8, 4) is 0 Å². The van der Waals surface area contributed by atoms with E-state index in [0.717, 1.165) is 6.07 Å². The van der Waals surface area contributed by atoms with Crippen LogP contribution in [0.15, 0.2) is 18.2 Å². The summed E-state index contributed by atoms with van der Waals surface area (Å²) in [5, 5.41) is 1.12. The summed E-state index contributed by atoms with van der Waals surface area (Å²) in [6.45, 7) is 1.93. The maximum atomic E-state index is 12.9. The van der Waals surface area contributed by atoms with Crippen LogP contribution in [0.3, 0.4) is 0 Å². The molecule has 1 rings (SSSR count). The van der Waals surface area contributed by atoms with Gasteiger partial charge in [0.25, 0.3) is 0 Å². The van der Waals surface area contributed by atoms with Crippen LogP contribution in [0.2, 0.25) is 0 Å². The molecule has 0 saturated heterocycles. The monoisotopic (exact) mass is 339 g/mol. The lowest BCUT2D eigenvalue weighted by molar-refractivity contribution is -0.137. The second-order valence-electron chi connectivity index (χ2n) is 4.52. The van der Waals surface area contributed by atoms with Gasteiger partial charge in [-0.1, -0.05) is 12.1 Å². The van der Waals surface area contributed by atoms with Crippen LogP contribution in [0.5, 0.6) is 0 Å². The molecule has 1 aromatic carbocycles. The molecule has 1 N–H and O–H groups in total. The second-order valence-corrected chi connectivity index (χ2v) is 5.05. The van der Waals surface area contributed by atoms with E-state index in [2.05, 4.69) is 5.32 Å². The van der Waals surface area contributed by atoms with Crippen molar-refractivity contribution in [2.45, 2.75) is 18.5 Å². The molecule has 1 atom stereocenters. The summed E-state index contributed by atoms with van der Waals surface area (Å²) in [5.41, 5.74) is -0.903. The van der Waals surface area contributed by atoms with Crippen molar-refractivity contribution < 1.29 is 27.4 Å². The molecule has 1 aromatic rings. The normalized spacial score (nSPS) is 13.0. The summed E-state index contributed by atoms with van der Waals surface area (Å²) in [6, 6.07) is 3.66. The zero-order valence-electron chi connectivity index (χ0n) is 12.2. The average molecular weight is 340 g/mol. The lowest BCUT2D eigenvalue weighted by Crippen LogP contribution is -2.29. The molecule has 0 aliphatic rings. The van der Waals surface area contributed by atoms with Gasteiger partial charge >= 0.3 is 6.18 Å². The molecule has 124 valence electrons. The fourth-order valence-electron chi connectivity index (χ4n) is 1.68. The highest BCUT2D eigenvalue weighted by molar-refractivity contribution is 6.32. The molecule has 0 aliphatic heterocycles. The lowest BCUT2D eigenvalue weighted by Gasteiger charge is -2.17. The second kappa shape index (κ2) is 8.36. The minimum Gasteiger partial charge on any atom is -0.382 e. The van der Waals surface area contributed by atoms with E-state index in [1.54, 1.807) is 0 Å². The Bertz CT molecular complexity index is 509. The Morgan fingerprint density at radius 1 is 1.36 bits per heavy atom. The number of amides is 1. The van der Waals surface area contributed by atoms with Gasteiger partial charge in [0.2, 0.25) is 5.91 Å². The number of para-hydroxylation sites is 1. The highest BCUT2D eigenvalue weighted by Gasteiger charge is 2.34. The van der Waals surface area contributed by atoms with Gasteiger partial charge in [0, 0.05) is 7.11 Å². The highest BCUT2D eigenvalue weighted by atomic mass is 35.5. The smallest absolute Gasteiger partial charge is 0.382 e. The maximum absolute atomic E-state index is 12.9. The largest absolute Gasteiger partial charge is 0.418 e. The van der Waals surface area contributed by atoms with Gasteiger partial charge in [-0.3, -0.25) is 4.79 Å². The van der Waals surface area contributed by atoms with E-state index in [1.165, 1.54) is 26.2 Å². The summed E-state index contributed by atoms with van der Waals surface area (Å²) >= 11 is 5.82. The first kappa shape index (κ1) is 18.7. The number of ether oxygens (including phenoxy) is 2. The summed E-state index contributed by atoms with van der Waals surface area (Å²) in [7, 11) is 1.49. The van der Waals surface area contributed by atoms with Crippen LogP contribution in [0, 0.1) is 6.92 Å². The summed E-state index contributed by atoms with van der Waals surface area (Å²) in [4.78, 5) is 11.9. The van der Waals surface area contributed by atoms with E-state index in [0.29, 0.717) is 12.2 Å². The molecular formula is C14H17ClF3NO3. The Balaban J connectivity index is 2.76. The molecule has 0 saturated carbocycles. The van der Waals surface area contributed by atoms with E-state index in [1.807, 2.05) is 0 Å². The first-order chi connectivity index (χ1) is 10.3. The lowest BCUT2D eigenvalue weighted by atomic mass is 10.1. The van der Waals surface area contributed by atoms with Crippen molar-refractivity contribution >= 4 is 23.2 Å². The number of benzene rings is 1. The van der Waals surface area contributed by atoms with E-state index in [4.69, 9.17) is 21.1 Å². The number of alkyl halides is 4. The zero-order valence-corrected chi connectivity index (χ0v) is 12.9. The van der Waals surface area contributed by atoms with E-state index in [9.17, 15) is 18.0 Å². The van der Waals surface area contributed by atoms with E-state index < -0.39 is 23.0 Å². The number of aryl methyl sites for hydroxylation is 1. The van der Waals surface area contributed by atoms with Crippen LogP contribution in [-0.2, 0) is 20.4 Å². The molecule has 0 heterocycles. The van der Waals surface area contributed by atoms with Gasteiger partial charge in [0.1, 0.15) is 5.38 Å². The number of anilines is 1. The first-order valence-electron chi connectivity index (χ1n) is 6.45. The quantitative estimate of drug-likeness (QED) is 0.613. The zero-order chi connectivity index (χ0) is 16.8. The van der Waals surface area contributed by atoms with Crippen molar-refractivity contribution in [2.75, 3.05) is 32.2 Å². The fourth-order valence-corrected chi connectivity index (χ4v) is 1.82. The van der Waals surface area contributed by atoms with E-state index in [-0.39, 0.29) is 18.9 Å².